The number of aryl methyl sites for hydroxylation is 1. The van der Waals surface area contributed by atoms with Gasteiger partial charge in [-0.1, -0.05) is 12.1 Å². The zero-order valence-corrected chi connectivity index (χ0v) is 18.1. The van der Waals surface area contributed by atoms with Gasteiger partial charge in [-0.15, -0.1) is 0 Å². The van der Waals surface area contributed by atoms with Crippen molar-refractivity contribution in [3.63, 3.8) is 0 Å². The van der Waals surface area contributed by atoms with E-state index >= 15 is 0 Å². The fourth-order valence-corrected chi connectivity index (χ4v) is 3.48. The summed E-state index contributed by atoms with van der Waals surface area (Å²) in [6.45, 7) is 4.54. The molecule has 0 bridgehead atoms. The average Bonchev–Trinajstić information content (AvgIpc) is 2.82. The monoisotopic (exact) mass is 424 g/mol. The lowest BCUT2D eigenvalue weighted by Gasteiger charge is -2.12. The first-order valence-electron chi connectivity index (χ1n) is 10.5. The van der Waals surface area contributed by atoms with E-state index in [1.54, 1.807) is 12.4 Å². The second kappa shape index (κ2) is 9.83. The number of carbonyl (C=O) groups is 1. The Kier molecular flexibility index (Phi) is 6.51. The lowest BCUT2D eigenvalue weighted by Crippen LogP contribution is -2.13. The number of anilines is 1. The van der Waals surface area contributed by atoms with Crippen LogP contribution in [-0.4, -0.2) is 27.5 Å². The number of ether oxygens (including phenoxy) is 1. The van der Waals surface area contributed by atoms with Crippen molar-refractivity contribution in [1.29, 1.82) is 0 Å². The van der Waals surface area contributed by atoms with Crippen LogP contribution in [-0.2, 0) is 6.42 Å². The third-order valence-electron chi connectivity index (χ3n) is 5.12. The van der Waals surface area contributed by atoms with Gasteiger partial charge in [-0.2, -0.15) is 0 Å². The number of nitrogens with one attached hydrogen (secondary N) is 1. The Balaban J connectivity index is 1.58. The SMILES string of the molecule is CCOc1cccc(NC(=O)c2ccc(C)c(Cc3ncccc3-c3ccncn3)c2)c1. The van der Waals surface area contributed by atoms with E-state index in [0.29, 0.717) is 24.3 Å². The second-order valence-corrected chi connectivity index (χ2v) is 7.33. The molecule has 0 spiro atoms. The van der Waals surface area contributed by atoms with Crippen molar-refractivity contribution in [3.05, 3.63) is 102 Å². The summed E-state index contributed by atoms with van der Waals surface area (Å²) in [6, 6.07) is 18.9. The number of amides is 1. The maximum absolute atomic E-state index is 12.9. The minimum atomic E-state index is -0.169. The van der Waals surface area contributed by atoms with Crippen molar-refractivity contribution in [1.82, 2.24) is 15.0 Å². The Morgan fingerprint density at radius 3 is 2.72 bits per heavy atom. The Morgan fingerprint density at radius 2 is 1.91 bits per heavy atom. The van der Waals surface area contributed by atoms with Crippen LogP contribution in [0.25, 0.3) is 11.3 Å². The highest BCUT2D eigenvalue weighted by molar-refractivity contribution is 6.04. The van der Waals surface area contributed by atoms with Gasteiger partial charge in [0.05, 0.1) is 18.0 Å². The van der Waals surface area contributed by atoms with Gasteiger partial charge in [-0.3, -0.25) is 9.78 Å². The Hall–Kier alpha value is -4.06. The molecule has 4 rings (SSSR count). The molecular weight excluding hydrogens is 400 g/mol. The quantitative estimate of drug-likeness (QED) is 0.447. The summed E-state index contributed by atoms with van der Waals surface area (Å²) in [7, 11) is 0. The van der Waals surface area contributed by atoms with E-state index in [9.17, 15) is 4.79 Å². The third kappa shape index (κ3) is 4.98. The molecule has 4 aromatic rings. The summed E-state index contributed by atoms with van der Waals surface area (Å²) in [5, 5.41) is 2.95. The van der Waals surface area contributed by atoms with Crippen LogP contribution in [0, 0.1) is 6.92 Å². The van der Waals surface area contributed by atoms with E-state index in [1.807, 2.05) is 74.5 Å². The predicted octanol–water partition coefficient (Wildman–Crippen LogP) is 5.09. The number of hydrogen-bond donors (Lipinski definition) is 1. The number of benzene rings is 2. The normalized spacial score (nSPS) is 10.6. The van der Waals surface area contributed by atoms with Crippen molar-refractivity contribution < 1.29 is 9.53 Å². The number of carbonyl (C=O) groups excluding carboxylic acids is 1. The standard InChI is InChI=1S/C26H24N4O2/c1-3-32-22-7-4-6-21(16-22)30-26(31)19-10-9-18(2)20(14-19)15-25-23(8-5-12-28-25)24-11-13-27-17-29-24/h4-14,16-17H,3,15H2,1-2H3,(H,30,31). The van der Waals surface area contributed by atoms with Crippen LogP contribution in [0.4, 0.5) is 5.69 Å². The zero-order chi connectivity index (χ0) is 22.3. The molecule has 0 saturated carbocycles. The molecule has 0 aliphatic heterocycles. The highest BCUT2D eigenvalue weighted by Gasteiger charge is 2.13. The van der Waals surface area contributed by atoms with Gasteiger partial charge in [-0.25, -0.2) is 9.97 Å². The van der Waals surface area contributed by atoms with Gasteiger partial charge in [0.15, 0.2) is 0 Å². The van der Waals surface area contributed by atoms with Crippen LogP contribution in [0.15, 0.2) is 79.4 Å². The third-order valence-corrected chi connectivity index (χ3v) is 5.12. The van der Waals surface area contributed by atoms with Gasteiger partial charge in [0, 0.05) is 41.7 Å². The molecule has 6 nitrogen and oxygen atoms in total. The summed E-state index contributed by atoms with van der Waals surface area (Å²) in [6.07, 6.45) is 5.61. The first-order chi connectivity index (χ1) is 15.6. The molecule has 6 heteroatoms. The lowest BCUT2D eigenvalue weighted by atomic mass is 9.97. The van der Waals surface area contributed by atoms with Gasteiger partial charge in [0.25, 0.3) is 5.91 Å². The summed E-state index contributed by atoms with van der Waals surface area (Å²) >= 11 is 0. The fraction of sp³-hybridized carbons (Fsp3) is 0.154. The molecule has 0 fully saturated rings. The molecule has 0 radical (unpaired) electrons. The van der Waals surface area contributed by atoms with E-state index in [2.05, 4.69) is 20.3 Å². The van der Waals surface area contributed by atoms with Crippen molar-refractivity contribution in [2.24, 2.45) is 0 Å². The maximum atomic E-state index is 12.9. The smallest absolute Gasteiger partial charge is 0.255 e. The van der Waals surface area contributed by atoms with Crippen LogP contribution < -0.4 is 10.1 Å². The largest absolute Gasteiger partial charge is 0.494 e. The Morgan fingerprint density at radius 1 is 1.00 bits per heavy atom. The molecule has 32 heavy (non-hydrogen) atoms. The highest BCUT2D eigenvalue weighted by atomic mass is 16.5. The first kappa shape index (κ1) is 21.2. The van der Waals surface area contributed by atoms with Crippen molar-refractivity contribution in [3.8, 4) is 17.0 Å². The molecule has 0 aliphatic rings. The molecule has 2 heterocycles. The van der Waals surface area contributed by atoms with Crippen LogP contribution in [0.1, 0.15) is 34.1 Å². The van der Waals surface area contributed by atoms with Crippen molar-refractivity contribution >= 4 is 11.6 Å². The zero-order valence-electron chi connectivity index (χ0n) is 18.1. The fourth-order valence-electron chi connectivity index (χ4n) is 3.48. The van der Waals surface area contributed by atoms with Crippen molar-refractivity contribution in [2.45, 2.75) is 20.3 Å². The highest BCUT2D eigenvalue weighted by Crippen LogP contribution is 2.24. The van der Waals surface area contributed by atoms with E-state index in [4.69, 9.17) is 4.74 Å². The van der Waals surface area contributed by atoms with E-state index in [0.717, 1.165) is 33.8 Å². The molecule has 0 aliphatic carbocycles. The summed E-state index contributed by atoms with van der Waals surface area (Å²) in [4.78, 5) is 25.8. The number of pyridine rings is 1. The van der Waals surface area contributed by atoms with E-state index in [-0.39, 0.29) is 5.91 Å². The molecule has 160 valence electrons. The minimum Gasteiger partial charge on any atom is -0.494 e. The van der Waals surface area contributed by atoms with Gasteiger partial charge in [0.2, 0.25) is 0 Å². The van der Waals surface area contributed by atoms with Gasteiger partial charge >= 0.3 is 0 Å². The van der Waals surface area contributed by atoms with E-state index in [1.165, 1.54) is 6.33 Å². The summed E-state index contributed by atoms with van der Waals surface area (Å²) < 4.78 is 5.52. The second-order valence-electron chi connectivity index (χ2n) is 7.33. The summed E-state index contributed by atoms with van der Waals surface area (Å²) in [5.74, 6) is 0.555. The molecule has 1 N–H and O–H groups in total. The van der Waals surface area contributed by atoms with Crippen molar-refractivity contribution in [2.75, 3.05) is 11.9 Å². The predicted molar refractivity (Wildman–Crippen MR) is 125 cm³/mol. The van der Waals surface area contributed by atoms with Gasteiger partial charge in [0.1, 0.15) is 12.1 Å². The molecule has 2 aromatic carbocycles. The maximum Gasteiger partial charge on any atom is 0.255 e. The van der Waals surface area contributed by atoms with Crippen LogP contribution in [0.2, 0.25) is 0 Å². The van der Waals surface area contributed by atoms with Crippen LogP contribution in [0.3, 0.4) is 0 Å². The lowest BCUT2D eigenvalue weighted by molar-refractivity contribution is 0.102. The molecule has 1 amide bonds. The number of hydrogen-bond acceptors (Lipinski definition) is 5. The van der Waals surface area contributed by atoms with E-state index < -0.39 is 0 Å². The molecule has 0 unspecified atom stereocenters. The topological polar surface area (TPSA) is 77.0 Å². The Bertz CT molecular complexity index is 1230. The first-order valence-corrected chi connectivity index (χ1v) is 10.5. The molecule has 0 atom stereocenters. The average molecular weight is 425 g/mol. The molecule has 0 saturated heterocycles. The Labute approximate surface area is 187 Å². The number of nitrogens with zero attached hydrogens (tertiary/aromatic N) is 3. The van der Waals surface area contributed by atoms with Crippen LogP contribution in [0.5, 0.6) is 5.75 Å². The molecule has 2 aromatic heterocycles. The summed E-state index contributed by atoms with van der Waals surface area (Å²) in [5.41, 5.74) is 6.09. The number of rotatable bonds is 7. The number of aromatic nitrogens is 3. The van der Waals surface area contributed by atoms with Crippen LogP contribution >= 0.6 is 0 Å². The minimum absolute atomic E-state index is 0.169. The van der Waals surface area contributed by atoms with Gasteiger partial charge in [-0.05, 0) is 67.4 Å². The van der Waals surface area contributed by atoms with Gasteiger partial charge < -0.3 is 10.1 Å². The molecular formula is C26H24N4O2.